The third kappa shape index (κ3) is 5.20. The zero-order chi connectivity index (χ0) is 36.1. The molecule has 0 amide bonds. The summed E-state index contributed by atoms with van der Waals surface area (Å²) >= 11 is 7.21. The topological polar surface area (TPSA) is 108 Å². The van der Waals surface area contributed by atoms with Crippen LogP contribution in [0, 0.1) is 13.8 Å². The zero-order valence-corrected chi connectivity index (χ0v) is 29.8. The summed E-state index contributed by atoms with van der Waals surface area (Å²) < 4.78 is 24.8. The molecule has 4 aromatic heterocycles. The fourth-order valence-electron chi connectivity index (χ4n) is 7.14. The van der Waals surface area contributed by atoms with E-state index in [1.807, 2.05) is 98.8 Å². The maximum Gasteiger partial charge on any atom is 0.257 e. The van der Waals surface area contributed by atoms with Crippen LogP contribution in [0.4, 0.5) is 0 Å². The van der Waals surface area contributed by atoms with Crippen molar-refractivity contribution in [3.63, 3.8) is 0 Å². The molecule has 0 aliphatic rings. The van der Waals surface area contributed by atoms with E-state index in [1.165, 1.54) is 14.2 Å². The molecule has 0 aliphatic carbocycles. The molecule has 1 atom stereocenters. The summed E-state index contributed by atoms with van der Waals surface area (Å²) in [7, 11) is 4.54. The number of para-hydroxylation sites is 3. The van der Waals surface area contributed by atoms with E-state index in [0.29, 0.717) is 61.2 Å². The molecule has 1 radical (unpaired) electrons. The number of aromatic nitrogens is 4. The Morgan fingerprint density at radius 2 is 1.15 bits per heavy atom. The molecule has 0 saturated carbocycles. The van der Waals surface area contributed by atoms with Gasteiger partial charge in [-0.25, -0.2) is 15.1 Å². The fourth-order valence-corrected chi connectivity index (χ4v) is 7.37. The van der Waals surface area contributed by atoms with Gasteiger partial charge in [-0.3, -0.25) is 9.97 Å². The van der Waals surface area contributed by atoms with Gasteiger partial charge in [-0.05, 0) is 56.3 Å². The molecule has 0 spiro atoms. The van der Waals surface area contributed by atoms with Gasteiger partial charge in [-0.1, -0.05) is 66.2 Å². The molecule has 10 heteroatoms. The van der Waals surface area contributed by atoms with Crippen molar-refractivity contribution in [1.82, 2.24) is 19.9 Å². The maximum absolute atomic E-state index is 17.5. The van der Waals surface area contributed by atoms with Crippen LogP contribution in [0.5, 0.6) is 28.9 Å². The van der Waals surface area contributed by atoms with E-state index in [9.17, 15) is 0 Å². The summed E-state index contributed by atoms with van der Waals surface area (Å²) in [5.74, 6) is 1.19. The average molecular weight is 708 g/mol. The molecular weight excluding hydrogens is 676 g/mol. The molecule has 0 bridgehead atoms. The highest BCUT2D eigenvalue weighted by Crippen LogP contribution is 2.56. The first kappa shape index (κ1) is 33.1. The molecule has 1 unspecified atom stereocenters. The molecule has 52 heavy (non-hydrogen) atoms. The normalized spacial score (nSPS) is 12.7. The van der Waals surface area contributed by atoms with Crippen LogP contribution >= 0.6 is 11.6 Å². The number of aryl methyl sites for hydroxylation is 2. The second-order valence-corrected chi connectivity index (χ2v) is 12.8. The number of halogens is 1. The number of ether oxygens (including phenoxy) is 4. The van der Waals surface area contributed by atoms with Gasteiger partial charge in [0, 0.05) is 39.2 Å². The summed E-state index contributed by atoms with van der Waals surface area (Å²) in [4.78, 5) is 19.1. The molecule has 257 valence electrons. The molecule has 8 aromatic rings. The van der Waals surface area contributed by atoms with Gasteiger partial charge in [0.1, 0.15) is 11.5 Å². The van der Waals surface area contributed by atoms with Crippen LogP contribution < -0.4 is 18.9 Å². The van der Waals surface area contributed by atoms with E-state index >= 15 is 5.11 Å². The number of rotatable bonds is 8. The molecular formula is C42H32ClN4O5. The van der Waals surface area contributed by atoms with Gasteiger partial charge >= 0.3 is 0 Å². The highest BCUT2D eigenvalue weighted by molar-refractivity contribution is 6.31. The first-order valence-electron chi connectivity index (χ1n) is 16.6. The van der Waals surface area contributed by atoms with Crippen molar-refractivity contribution in [2.45, 2.75) is 19.4 Å². The average Bonchev–Trinajstić information content (AvgIpc) is 3.16. The second-order valence-electron chi connectivity index (χ2n) is 12.4. The quantitative estimate of drug-likeness (QED) is 0.144. The highest BCUT2D eigenvalue weighted by Gasteiger charge is 2.48. The Labute approximate surface area is 304 Å². The molecule has 8 rings (SSSR count). The lowest BCUT2D eigenvalue weighted by Gasteiger charge is -2.34. The Morgan fingerprint density at radius 1 is 0.558 bits per heavy atom. The predicted octanol–water partition coefficient (Wildman–Crippen LogP) is 9.69. The van der Waals surface area contributed by atoms with Crippen LogP contribution in [-0.4, -0.2) is 41.3 Å². The number of fused-ring (bicyclic) bond motifs is 4. The fraction of sp³-hybridized carbons (Fsp3) is 0.143. The second kappa shape index (κ2) is 12.9. The number of benzene rings is 4. The van der Waals surface area contributed by atoms with Crippen LogP contribution in [-0.2, 0) is 10.7 Å². The van der Waals surface area contributed by atoms with Crippen molar-refractivity contribution < 1.29 is 24.1 Å². The monoisotopic (exact) mass is 707 g/mol. The minimum atomic E-state index is -2.37. The van der Waals surface area contributed by atoms with Gasteiger partial charge in [0.25, 0.3) is 5.88 Å². The number of hydrogen-bond donors (Lipinski definition) is 0. The Kier molecular flexibility index (Phi) is 8.24. The lowest BCUT2D eigenvalue weighted by Crippen LogP contribution is -2.31. The highest BCUT2D eigenvalue weighted by atomic mass is 35.5. The van der Waals surface area contributed by atoms with Gasteiger partial charge < -0.3 is 18.9 Å². The van der Waals surface area contributed by atoms with Crippen LogP contribution in [0.1, 0.15) is 28.1 Å². The van der Waals surface area contributed by atoms with Crippen LogP contribution in [0.15, 0.2) is 103 Å². The Bertz CT molecular complexity index is 2700. The van der Waals surface area contributed by atoms with Crippen molar-refractivity contribution >= 4 is 55.2 Å². The summed E-state index contributed by atoms with van der Waals surface area (Å²) in [6.45, 7) is 3.74. The largest absolute Gasteiger partial charge is 0.496 e. The van der Waals surface area contributed by atoms with Gasteiger partial charge in [0.2, 0.25) is 0 Å². The SMILES string of the molecule is COc1nc2ccccc2c(C([O])(c2cc(C)nc3ccccc23)c2c(Oc3cc(C)nc4ccccc34)c(Cl)nc3cccc(OC)c23)c1OC. The molecule has 0 N–H and O–H groups in total. The molecule has 0 fully saturated rings. The van der Waals surface area contributed by atoms with E-state index in [4.69, 9.17) is 50.5 Å². The van der Waals surface area contributed by atoms with E-state index in [2.05, 4.69) is 0 Å². The van der Waals surface area contributed by atoms with Crippen LogP contribution in [0.3, 0.4) is 0 Å². The van der Waals surface area contributed by atoms with E-state index in [1.54, 1.807) is 25.3 Å². The first-order chi connectivity index (χ1) is 25.3. The van der Waals surface area contributed by atoms with Gasteiger partial charge in [-0.2, -0.15) is 0 Å². The number of hydrogen-bond acceptors (Lipinski definition) is 8. The van der Waals surface area contributed by atoms with Crippen LogP contribution in [0.2, 0.25) is 5.15 Å². The molecule has 4 heterocycles. The van der Waals surface area contributed by atoms with Crippen LogP contribution in [0.25, 0.3) is 43.6 Å². The van der Waals surface area contributed by atoms with Crippen molar-refractivity contribution in [2.24, 2.45) is 0 Å². The zero-order valence-electron chi connectivity index (χ0n) is 29.0. The Balaban J connectivity index is 1.64. The standard InChI is InChI=1S/C42H32ClN4O5/c1-23-21-28(25-13-6-9-16-29(25)44-23)42(48,36-27-15-8-11-18-31(27)47-41(51-5)39(36)50-4)37-35-32(19-12-20-33(35)49-3)46-40(43)38(37)52-34-22-24(2)45-30-17-10-7-14-26(30)34/h6-22H,1-5H3. The van der Waals surface area contributed by atoms with E-state index in [-0.39, 0.29) is 33.7 Å². The lowest BCUT2D eigenvalue weighted by atomic mass is 9.75. The number of pyridine rings is 4. The summed E-state index contributed by atoms with van der Waals surface area (Å²) in [6, 6.07) is 31.6. The Morgan fingerprint density at radius 3 is 1.83 bits per heavy atom. The first-order valence-corrected chi connectivity index (χ1v) is 16.9. The molecule has 9 nitrogen and oxygen atoms in total. The number of methoxy groups -OCH3 is 3. The maximum atomic E-state index is 17.5. The third-order valence-electron chi connectivity index (χ3n) is 9.27. The van der Waals surface area contributed by atoms with Crippen molar-refractivity contribution in [1.29, 1.82) is 0 Å². The van der Waals surface area contributed by atoms with Crippen molar-refractivity contribution in [2.75, 3.05) is 21.3 Å². The van der Waals surface area contributed by atoms with Crippen molar-refractivity contribution in [3.05, 3.63) is 136 Å². The Hall–Kier alpha value is -6.03. The number of nitrogens with zero attached hydrogens (tertiary/aromatic N) is 4. The van der Waals surface area contributed by atoms with Crippen molar-refractivity contribution in [3.8, 4) is 28.9 Å². The van der Waals surface area contributed by atoms with E-state index < -0.39 is 5.60 Å². The van der Waals surface area contributed by atoms with Gasteiger partial charge in [0.05, 0.1) is 59.9 Å². The molecule has 0 saturated heterocycles. The predicted molar refractivity (Wildman–Crippen MR) is 202 cm³/mol. The smallest absolute Gasteiger partial charge is 0.257 e. The minimum Gasteiger partial charge on any atom is -0.496 e. The molecule has 4 aromatic carbocycles. The molecule has 0 aliphatic heterocycles. The summed E-state index contributed by atoms with van der Waals surface area (Å²) in [5.41, 5.74) is 2.06. The summed E-state index contributed by atoms with van der Waals surface area (Å²) in [6.07, 6.45) is 0. The summed E-state index contributed by atoms with van der Waals surface area (Å²) in [5, 5.41) is 19.8. The lowest BCUT2D eigenvalue weighted by molar-refractivity contribution is 0.0406. The minimum absolute atomic E-state index is 0.0195. The third-order valence-corrected chi connectivity index (χ3v) is 9.52. The van der Waals surface area contributed by atoms with Gasteiger partial charge in [-0.15, -0.1) is 0 Å². The van der Waals surface area contributed by atoms with Gasteiger partial charge in [0.15, 0.2) is 22.3 Å². The van der Waals surface area contributed by atoms with E-state index in [0.717, 1.165) is 10.9 Å².